The minimum Gasteiger partial charge on any atom is -0.491 e. The number of imidazole rings is 1. The van der Waals surface area contributed by atoms with Crippen LogP contribution >= 0.6 is 0 Å². The first-order valence-corrected chi connectivity index (χ1v) is 8.89. The van der Waals surface area contributed by atoms with Gasteiger partial charge < -0.3 is 19.3 Å². The van der Waals surface area contributed by atoms with E-state index in [1.807, 2.05) is 60.3 Å². The lowest BCUT2D eigenvalue weighted by Gasteiger charge is -2.21. The Hall–Kier alpha value is -3.12. The van der Waals surface area contributed by atoms with Crippen LogP contribution in [-0.2, 0) is 20.2 Å². The molecule has 4 rings (SSSR count). The lowest BCUT2D eigenvalue weighted by Crippen LogP contribution is -2.32. The standard InChI is InChI=1S/C21H21N3O3/c1-23-9-8-22-20(23)17-4-2-3-5-18(17)21(26)24-10-11-27-19-7-6-15(14-25)12-16(19)13-24/h2-9,12,25H,10-11,13-14H2,1H3. The highest BCUT2D eigenvalue weighted by Gasteiger charge is 2.24. The molecule has 27 heavy (non-hydrogen) atoms. The number of nitrogens with zero attached hydrogens (tertiary/aromatic N) is 3. The van der Waals surface area contributed by atoms with Crippen molar-refractivity contribution in [3.63, 3.8) is 0 Å². The van der Waals surface area contributed by atoms with E-state index in [0.29, 0.717) is 25.3 Å². The molecular formula is C21H21N3O3. The Morgan fingerprint density at radius 3 is 2.89 bits per heavy atom. The Labute approximate surface area is 157 Å². The molecule has 0 unspecified atom stereocenters. The zero-order chi connectivity index (χ0) is 18.8. The number of rotatable bonds is 3. The molecule has 0 atom stereocenters. The summed E-state index contributed by atoms with van der Waals surface area (Å²) in [6.45, 7) is 1.33. The molecule has 3 aromatic rings. The van der Waals surface area contributed by atoms with Crippen LogP contribution < -0.4 is 4.74 Å². The van der Waals surface area contributed by atoms with Crippen molar-refractivity contribution in [3.05, 3.63) is 71.5 Å². The fraction of sp³-hybridized carbons (Fsp3) is 0.238. The van der Waals surface area contributed by atoms with Crippen LogP contribution in [0.1, 0.15) is 21.5 Å². The van der Waals surface area contributed by atoms with Crippen molar-refractivity contribution in [1.29, 1.82) is 0 Å². The number of amides is 1. The van der Waals surface area contributed by atoms with E-state index in [-0.39, 0.29) is 12.5 Å². The van der Waals surface area contributed by atoms with E-state index < -0.39 is 0 Å². The minimum atomic E-state index is -0.0561. The summed E-state index contributed by atoms with van der Waals surface area (Å²) in [5.41, 5.74) is 3.14. The van der Waals surface area contributed by atoms with Gasteiger partial charge in [-0.25, -0.2) is 4.98 Å². The van der Waals surface area contributed by atoms with Gasteiger partial charge >= 0.3 is 0 Å². The summed E-state index contributed by atoms with van der Waals surface area (Å²) in [4.78, 5) is 19.5. The third-order valence-electron chi connectivity index (χ3n) is 4.79. The molecule has 1 aliphatic rings. The van der Waals surface area contributed by atoms with Crippen molar-refractivity contribution >= 4 is 5.91 Å². The number of aryl methyl sites for hydroxylation is 1. The first-order chi connectivity index (χ1) is 13.2. The van der Waals surface area contributed by atoms with Crippen molar-refractivity contribution in [3.8, 4) is 17.1 Å². The maximum absolute atomic E-state index is 13.3. The SMILES string of the molecule is Cn1ccnc1-c1ccccc1C(=O)N1CCOc2ccc(CO)cc2C1. The summed E-state index contributed by atoms with van der Waals surface area (Å²) < 4.78 is 7.70. The van der Waals surface area contributed by atoms with Crippen molar-refractivity contribution in [2.24, 2.45) is 7.05 Å². The summed E-state index contributed by atoms with van der Waals surface area (Å²) in [6, 6.07) is 13.1. The second kappa shape index (κ2) is 7.25. The van der Waals surface area contributed by atoms with Crippen LogP contribution in [0.4, 0.5) is 0 Å². The molecule has 0 aliphatic carbocycles. The normalized spacial score (nSPS) is 13.6. The molecule has 2 heterocycles. The summed E-state index contributed by atoms with van der Waals surface area (Å²) in [7, 11) is 1.91. The predicted molar refractivity (Wildman–Crippen MR) is 101 cm³/mol. The summed E-state index contributed by atoms with van der Waals surface area (Å²) in [6.07, 6.45) is 3.59. The van der Waals surface area contributed by atoms with Crippen LogP contribution in [0.15, 0.2) is 54.9 Å². The van der Waals surface area contributed by atoms with E-state index in [1.54, 1.807) is 11.1 Å². The first kappa shape index (κ1) is 17.3. The fourth-order valence-electron chi connectivity index (χ4n) is 3.38. The molecule has 1 aliphatic heterocycles. The number of carbonyl (C=O) groups is 1. The van der Waals surface area contributed by atoms with E-state index in [1.165, 1.54) is 0 Å². The van der Waals surface area contributed by atoms with Crippen LogP contribution in [0.2, 0.25) is 0 Å². The van der Waals surface area contributed by atoms with Gasteiger partial charge in [0.05, 0.1) is 18.7 Å². The topological polar surface area (TPSA) is 67.6 Å². The largest absolute Gasteiger partial charge is 0.491 e. The van der Waals surface area contributed by atoms with E-state index in [0.717, 1.165) is 28.3 Å². The molecule has 0 spiro atoms. The molecule has 1 aromatic heterocycles. The monoisotopic (exact) mass is 363 g/mol. The second-order valence-electron chi connectivity index (χ2n) is 6.58. The van der Waals surface area contributed by atoms with Crippen LogP contribution in [0.5, 0.6) is 5.75 Å². The number of benzene rings is 2. The van der Waals surface area contributed by atoms with E-state index in [4.69, 9.17) is 4.74 Å². The Morgan fingerprint density at radius 1 is 1.26 bits per heavy atom. The zero-order valence-corrected chi connectivity index (χ0v) is 15.1. The third-order valence-corrected chi connectivity index (χ3v) is 4.79. The maximum atomic E-state index is 13.3. The predicted octanol–water partition coefficient (Wildman–Crippen LogP) is 2.61. The summed E-state index contributed by atoms with van der Waals surface area (Å²) in [5.74, 6) is 1.47. The van der Waals surface area contributed by atoms with Gasteiger partial charge in [0.1, 0.15) is 18.2 Å². The smallest absolute Gasteiger partial charge is 0.255 e. The Balaban J connectivity index is 1.68. The van der Waals surface area contributed by atoms with Crippen LogP contribution in [0.25, 0.3) is 11.4 Å². The maximum Gasteiger partial charge on any atom is 0.255 e. The fourth-order valence-corrected chi connectivity index (χ4v) is 3.38. The number of aliphatic hydroxyl groups excluding tert-OH is 1. The Bertz CT molecular complexity index is 980. The number of aromatic nitrogens is 2. The average Bonchev–Trinajstić information content (AvgIpc) is 3.01. The highest BCUT2D eigenvalue weighted by atomic mass is 16.5. The number of hydrogen-bond acceptors (Lipinski definition) is 4. The third kappa shape index (κ3) is 3.31. The lowest BCUT2D eigenvalue weighted by molar-refractivity contribution is 0.0734. The number of ether oxygens (including phenoxy) is 1. The molecule has 0 saturated heterocycles. The van der Waals surface area contributed by atoms with Crippen molar-refractivity contribution < 1.29 is 14.6 Å². The first-order valence-electron chi connectivity index (χ1n) is 8.89. The molecule has 1 amide bonds. The molecule has 6 nitrogen and oxygen atoms in total. The Morgan fingerprint density at radius 2 is 2.11 bits per heavy atom. The lowest BCUT2D eigenvalue weighted by atomic mass is 10.0. The number of hydrogen-bond donors (Lipinski definition) is 1. The van der Waals surface area contributed by atoms with Gasteiger partial charge in [-0.2, -0.15) is 0 Å². The molecule has 0 fully saturated rings. The van der Waals surface area contributed by atoms with Gasteiger partial charge in [0, 0.05) is 37.1 Å². The van der Waals surface area contributed by atoms with Gasteiger partial charge in [0.25, 0.3) is 5.91 Å². The molecule has 2 aromatic carbocycles. The van der Waals surface area contributed by atoms with Gasteiger partial charge in [0.2, 0.25) is 0 Å². The molecule has 0 saturated carbocycles. The van der Waals surface area contributed by atoms with Gasteiger partial charge in [-0.1, -0.05) is 24.3 Å². The Kier molecular flexibility index (Phi) is 4.64. The zero-order valence-electron chi connectivity index (χ0n) is 15.1. The number of fused-ring (bicyclic) bond motifs is 1. The van der Waals surface area contributed by atoms with E-state index >= 15 is 0 Å². The molecular weight excluding hydrogens is 342 g/mol. The van der Waals surface area contributed by atoms with Crippen LogP contribution in [-0.4, -0.2) is 38.6 Å². The average molecular weight is 363 g/mol. The van der Waals surface area contributed by atoms with Gasteiger partial charge in [-0.05, 0) is 23.8 Å². The van der Waals surface area contributed by atoms with Crippen molar-refractivity contribution in [1.82, 2.24) is 14.5 Å². The molecule has 0 bridgehead atoms. The molecule has 6 heteroatoms. The summed E-state index contributed by atoms with van der Waals surface area (Å²) >= 11 is 0. The highest BCUT2D eigenvalue weighted by molar-refractivity contribution is 6.00. The van der Waals surface area contributed by atoms with Crippen molar-refractivity contribution in [2.45, 2.75) is 13.2 Å². The minimum absolute atomic E-state index is 0.0385. The highest BCUT2D eigenvalue weighted by Crippen LogP contribution is 2.27. The van der Waals surface area contributed by atoms with Gasteiger partial charge in [-0.15, -0.1) is 0 Å². The quantitative estimate of drug-likeness (QED) is 0.777. The van der Waals surface area contributed by atoms with Crippen molar-refractivity contribution in [2.75, 3.05) is 13.2 Å². The van der Waals surface area contributed by atoms with Gasteiger partial charge in [-0.3, -0.25) is 4.79 Å². The summed E-state index contributed by atoms with van der Waals surface area (Å²) in [5, 5.41) is 9.40. The molecule has 138 valence electrons. The molecule has 0 radical (unpaired) electrons. The van der Waals surface area contributed by atoms with Crippen LogP contribution in [0.3, 0.4) is 0 Å². The number of aliphatic hydroxyl groups is 1. The van der Waals surface area contributed by atoms with E-state index in [9.17, 15) is 9.90 Å². The van der Waals surface area contributed by atoms with E-state index in [2.05, 4.69) is 4.98 Å². The second-order valence-corrected chi connectivity index (χ2v) is 6.58. The molecule has 1 N–H and O–H groups in total. The van der Waals surface area contributed by atoms with Gasteiger partial charge in [0.15, 0.2) is 0 Å². The van der Waals surface area contributed by atoms with Crippen LogP contribution in [0, 0.1) is 0 Å². The number of carbonyl (C=O) groups excluding carboxylic acids is 1.